The molecule has 0 bridgehead atoms. The molecule has 0 atom stereocenters. The molecule has 0 heterocycles. The standard InChI is InChI=1S/C9H25O4PSi2/c1-9(2)11-14(10,12-15(3,4)5)13-16(6,7)8/h9H,1-8H3. The van der Waals surface area contributed by atoms with Gasteiger partial charge in [0, 0.05) is 0 Å². The minimum absolute atomic E-state index is 0.168. The van der Waals surface area contributed by atoms with Gasteiger partial charge in [0.15, 0.2) is 16.6 Å². The zero-order valence-electron chi connectivity index (χ0n) is 11.7. The van der Waals surface area contributed by atoms with Gasteiger partial charge in [-0.2, -0.15) is 0 Å². The molecule has 0 fully saturated rings. The lowest BCUT2D eigenvalue weighted by Crippen LogP contribution is -2.31. The van der Waals surface area contributed by atoms with Crippen LogP contribution in [0.1, 0.15) is 13.8 Å². The van der Waals surface area contributed by atoms with Crippen LogP contribution in [0.5, 0.6) is 0 Å². The van der Waals surface area contributed by atoms with Crippen LogP contribution in [0.25, 0.3) is 0 Å². The van der Waals surface area contributed by atoms with Gasteiger partial charge in [0.05, 0.1) is 6.10 Å². The average molecular weight is 284 g/mol. The number of hydrogen-bond acceptors (Lipinski definition) is 4. The maximum Gasteiger partial charge on any atom is 0.455 e. The van der Waals surface area contributed by atoms with Gasteiger partial charge in [-0.05, 0) is 53.1 Å². The zero-order chi connectivity index (χ0) is 13.2. The fraction of sp³-hybridized carbons (Fsp3) is 1.00. The van der Waals surface area contributed by atoms with Crippen LogP contribution in [0.3, 0.4) is 0 Å². The van der Waals surface area contributed by atoms with Crippen molar-refractivity contribution in [3.63, 3.8) is 0 Å². The summed E-state index contributed by atoms with van der Waals surface area (Å²) in [4.78, 5) is 0. The highest BCUT2D eigenvalue weighted by Gasteiger charge is 2.38. The smallest absolute Gasteiger partial charge is 0.331 e. The molecular weight excluding hydrogens is 259 g/mol. The van der Waals surface area contributed by atoms with Crippen LogP contribution in [-0.2, 0) is 17.5 Å². The van der Waals surface area contributed by atoms with Crippen molar-refractivity contribution >= 4 is 24.5 Å². The second-order valence-electron chi connectivity index (χ2n) is 6.01. The Morgan fingerprint density at radius 3 is 1.38 bits per heavy atom. The number of phosphoric acid groups is 1. The third kappa shape index (κ3) is 8.67. The van der Waals surface area contributed by atoms with Crippen molar-refractivity contribution in [1.82, 2.24) is 0 Å². The lowest BCUT2D eigenvalue weighted by molar-refractivity contribution is 0.164. The van der Waals surface area contributed by atoms with E-state index in [0.717, 1.165) is 0 Å². The van der Waals surface area contributed by atoms with Crippen molar-refractivity contribution in [2.24, 2.45) is 0 Å². The van der Waals surface area contributed by atoms with Crippen molar-refractivity contribution in [2.45, 2.75) is 59.2 Å². The van der Waals surface area contributed by atoms with E-state index in [1.54, 1.807) is 0 Å². The summed E-state index contributed by atoms with van der Waals surface area (Å²) in [5.74, 6) is 0. The first-order valence-electron chi connectivity index (χ1n) is 5.53. The molecule has 98 valence electrons. The molecule has 0 amide bonds. The molecule has 0 aliphatic heterocycles. The highest BCUT2D eigenvalue weighted by atomic mass is 31.2. The van der Waals surface area contributed by atoms with Gasteiger partial charge in [-0.15, -0.1) is 0 Å². The maximum atomic E-state index is 12.5. The molecule has 0 unspecified atom stereocenters. The van der Waals surface area contributed by atoms with Crippen molar-refractivity contribution in [2.75, 3.05) is 0 Å². The Morgan fingerprint density at radius 1 is 0.875 bits per heavy atom. The van der Waals surface area contributed by atoms with E-state index in [1.165, 1.54) is 0 Å². The topological polar surface area (TPSA) is 44.8 Å². The molecule has 0 N–H and O–H groups in total. The lowest BCUT2D eigenvalue weighted by atomic mass is 10.5. The first-order valence-corrected chi connectivity index (χ1v) is 13.8. The minimum Gasteiger partial charge on any atom is -0.331 e. The molecule has 0 radical (unpaired) electrons. The van der Waals surface area contributed by atoms with Crippen LogP contribution in [0.2, 0.25) is 39.3 Å². The van der Waals surface area contributed by atoms with Crippen LogP contribution in [0, 0.1) is 0 Å². The monoisotopic (exact) mass is 284 g/mol. The largest absolute Gasteiger partial charge is 0.455 e. The Kier molecular flexibility index (Phi) is 5.64. The van der Waals surface area contributed by atoms with Gasteiger partial charge < -0.3 is 8.43 Å². The predicted molar refractivity (Wildman–Crippen MR) is 72.7 cm³/mol. The fourth-order valence-electron chi connectivity index (χ4n) is 0.991. The molecule has 7 heteroatoms. The normalized spacial score (nSPS) is 14.6. The third-order valence-corrected chi connectivity index (χ3v) is 7.96. The third-order valence-electron chi connectivity index (χ3n) is 1.11. The SMILES string of the molecule is CC(C)OP(=O)(O[Si](C)(C)C)O[Si](C)(C)C. The molecule has 0 aliphatic carbocycles. The van der Waals surface area contributed by atoms with E-state index in [-0.39, 0.29) is 6.10 Å². The van der Waals surface area contributed by atoms with Crippen LogP contribution in [0.15, 0.2) is 0 Å². The van der Waals surface area contributed by atoms with Gasteiger partial charge in [0.25, 0.3) is 0 Å². The van der Waals surface area contributed by atoms with Crippen molar-refractivity contribution in [3.05, 3.63) is 0 Å². The molecule has 0 aromatic rings. The van der Waals surface area contributed by atoms with E-state index in [9.17, 15) is 4.57 Å². The molecule has 0 saturated heterocycles. The molecule has 0 spiro atoms. The Bertz CT molecular complexity index is 248. The lowest BCUT2D eigenvalue weighted by Gasteiger charge is -2.30. The Balaban J connectivity index is 4.83. The summed E-state index contributed by atoms with van der Waals surface area (Å²) in [6.45, 7) is 15.5. The van der Waals surface area contributed by atoms with E-state index >= 15 is 0 Å². The molecule has 16 heavy (non-hydrogen) atoms. The first-order chi connectivity index (χ1) is 6.83. The highest BCUT2D eigenvalue weighted by molar-refractivity contribution is 7.52. The van der Waals surface area contributed by atoms with Crippen LogP contribution in [-0.4, -0.2) is 22.7 Å². The molecule has 0 aliphatic rings. The quantitative estimate of drug-likeness (QED) is 0.541. The average Bonchev–Trinajstić information content (AvgIpc) is 1.69. The van der Waals surface area contributed by atoms with Crippen LogP contribution in [0.4, 0.5) is 0 Å². The summed E-state index contributed by atoms with van der Waals surface area (Å²) >= 11 is 0. The van der Waals surface area contributed by atoms with E-state index in [0.29, 0.717) is 0 Å². The van der Waals surface area contributed by atoms with Gasteiger partial charge in [-0.3, -0.25) is 4.52 Å². The van der Waals surface area contributed by atoms with Crippen molar-refractivity contribution in [3.8, 4) is 0 Å². The van der Waals surface area contributed by atoms with Gasteiger partial charge >= 0.3 is 7.82 Å². The molecule has 0 rings (SSSR count). The van der Waals surface area contributed by atoms with E-state index in [4.69, 9.17) is 12.9 Å². The first kappa shape index (κ1) is 16.5. The summed E-state index contributed by atoms with van der Waals surface area (Å²) < 4.78 is 29.0. The predicted octanol–water partition coefficient (Wildman–Crippen LogP) is 4.22. The van der Waals surface area contributed by atoms with Gasteiger partial charge in [-0.1, -0.05) is 0 Å². The van der Waals surface area contributed by atoms with Crippen molar-refractivity contribution in [1.29, 1.82) is 0 Å². The van der Waals surface area contributed by atoms with Gasteiger partial charge in [-0.25, -0.2) is 4.57 Å². The second kappa shape index (κ2) is 5.46. The van der Waals surface area contributed by atoms with E-state index in [1.807, 2.05) is 53.1 Å². The van der Waals surface area contributed by atoms with Crippen LogP contribution < -0.4 is 0 Å². The van der Waals surface area contributed by atoms with Gasteiger partial charge in [0.2, 0.25) is 0 Å². The molecular formula is C9H25O4PSi2. The van der Waals surface area contributed by atoms with E-state index < -0.39 is 24.5 Å². The summed E-state index contributed by atoms with van der Waals surface area (Å²) in [5, 5.41) is 0. The molecule has 0 aromatic carbocycles. The molecule has 4 nitrogen and oxygen atoms in total. The molecule has 0 aromatic heterocycles. The number of hydrogen-bond donors (Lipinski definition) is 0. The van der Waals surface area contributed by atoms with Gasteiger partial charge in [0.1, 0.15) is 0 Å². The fourth-order valence-corrected chi connectivity index (χ4v) is 7.70. The highest BCUT2D eigenvalue weighted by Crippen LogP contribution is 2.54. The number of rotatable bonds is 6. The van der Waals surface area contributed by atoms with E-state index in [2.05, 4.69) is 0 Å². The summed E-state index contributed by atoms with van der Waals surface area (Å²) in [7, 11) is -7.30. The summed E-state index contributed by atoms with van der Waals surface area (Å²) in [5.41, 5.74) is 0. The van der Waals surface area contributed by atoms with Crippen LogP contribution >= 0.6 is 7.82 Å². The Hall–Kier alpha value is 0.544. The van der Waals surface area contributed by atoms with Crippen molar-refractivity contribution < 1.29 is 17.5 Å². The molecule has 0 saturated carbocycles. The Labute approximate surface area is 102 Å². The second-order valence-corrected chi connectivity index (χ2v) is 17.0. The minimum atomic E-state index is -3.40. The zero-order valence-corrected chi connectivity index (χ0v) is 14.6. The Morgan fingerprint density at radius 2 is 1.19 bits per heavy atom. The maximum absolute atomic E-state index is 12.5. The summed E-state index contributed by atoms with van der Waals surface area (Å²) in [6.07, 6.45) is -0.168. The summed E-state index contributed by atoms with van der Waals surface area (Å²) in [6, 6.07) is 0.